The Bertz CT molecular complexity index is 195. The smallest absolute Gasteiger partial charge is 0.0950 e. The minimum Gasteiger partial charge on any atom is -0.193 e. The van der Waals surface area contributed by atoms with Gasteiger partial charge in [-0.15, -0.1) is 0 Å². The largest absolute Gasteiger partial charge is 0.193 e. The summed E-state index contributed by atoms with van der Waals surface area (Å²) in [5.41, 5.74) is 0.745. The van der Waals surface area contributed by atoms with E-state index in [1.165, 1.54) is 0 Å². The van der Waals surface area contributed by atoms with Gasteiger partial charge in [0.2, 0.25) is 0 Å². The third-order valence-electron chi connectivity index (χ3n) is 0.968. The average Bonchev–Trinajstić information content (AvgIpc) is 2.14. The molecular formula is C6H4ClN. The van der Waals surface area contributed by atoms with Gasteiger partial charge in [0.1, 0.15) is 0 Å². The summed E-state index contributed by atoms with van der Waals surface area (Å²) in [6, 6.07) is 2.02. The summed E-state index contributed by atoms with van der Waals surface area (Å²) in [6.45, 7) is 0. The van der Waals surface area contributed by atoms with Gasteiger partial charge in [0.15, 0.2) is 0 Å². The highest BCUT2D eigenvalue weighted by Crippen LogP contribution is 2.20. The van der Waals surface area contributed by atoms with E-state index in [0.29, 0.717) is 6.42 Å². The molecule has 0 fully saturated rings. The summed E-state index contributed by atoms with van der Waals surface area (Å²) < 4.78 is 0. The maximum atomic E-state index is 8.27. The van der Waals surface area contributed by atoms with Gasteiger partial charge in [0.25, 0.3) is 0 Å². The zero-order valence-electron chi connectivity index (χ0n) is 4.19. The van der Waals surface area contributed by atoms with Crippen molar-refractivity contribution in [3.8, 4) is 6.07 Å². The van der Waals surface area contributed by atoms with Gasteiger partial charge in [-0.1, -0.05) is 11.6 Å². The molecular weight excluding hydrogens is 122 g/mol. The van der Waals surface area contributed by atoms with Gasteiger partial charge >= 0.3 is 0 Å². The molecule has 0 heterocycles. The van der Waals surface area contributed by atoms with Gasteiger partial charge < -0.3 is 0 Å². The molecule has 0 bridgehead atoms. The lowest BCUT2D eigenvalue weighted by atomic mass is 10.3. The van der Waals surface area contributed by atoms with Crippen LogP contribution in [0.5, 0.6) is 0 Å². The van der Waals surface area contributed by atoms with E-state index in [9.17, 15) is 0 Å². The Hall–Kier alpha value is -0.740. The second-order valence-electron chi connectivity index (χ2n) is 1.59. The number of nitriles is 1. The molecule has 0 aromatic heterocycles. The second kappa shape index (κ2) is 2.02. The molecule has 0 aromatic rings. The molecule has 1 nitrogen and oxygen atoms in total. The highest BCUT2D eigenvalue weighted by atomic mass is 35.5. The summed E-state index contributed by atoms with van der Waals surface area (Å²) in [5, 5.41) is 9.02. The first-order valence-corrected chi connectivity index (χ1v) is 2.66. The third kappa shape index (κ3) is 0.907. The standard InChI is InChI=1S/C6H4ClN/c7-6-2-1-5(3-6)4-8/h1-2H,3H2. The lowest BCUT2D eigenvalue weighted by Crippen LogP contribution is -1.68. The molecule has 0 radical (unpaired) electrons. The van der Waals surface area contributed by atoms with Crippen LogP contribution in [0.1, 0.15) is 6.42 Å². The molecule has 0 saturated carbocycles. The summed E-state index contributed by atoms with van der Waals surface area (Å²) in [4.78, 5) is 0. The van der Waals surface area contributed by atoms with E-state index in [1.54, 1.807) is 12.2 Å². The predicted molar refractivity (Wildman–Crippen MR) is 32.2 cm³/mol. The highest BCUT2D eigenvalue weighted by Gasteiger charge is 2.02. The first-order valence-electron chi connectivity index (χ1n) is 2.28. The minimum atomic E-state index is 0.623. The molecule has 1 rings (SSSR count). The van der Waals surface area contributed by atoms with Gasteiger partial charge in [0.05, 0.1) is 6.07 Å². The van der Waals surface area contributed by atoms with Crippen molar-refractivity contribution in [1.29, 1.82) is 5.26 Å². The number of allylic oxidation sites excluding steroid dienone is 4. The number of rotatable bonds is 0. The van der Waals surface area contributed by atoms with Crippen LogP contribution in [0.25, 0.3) is 0 Å². The van der Waals surface area contributed by atoms with Crippen LogP contribution in [0.3, 0.4) is 0 Å². The Morgan fingerprint density at radius 1 is 1.62 bits per heavy atom. The third-order valence-corrected chi connectivity index (χ3v) is 1.23. The molecule has 0 saturated heterocycles. The lowest BCUT2D eigenvalue weighted by molar-refractivity contribution is 1.30. The molecule has 1 aliphatic rings. The molecule has 0 N–H and O–H groups in total. The van der Waals surface area contributed by atoms with E-state index in [4.69, 9.17) is 16.9 Å². The molecule has 2 heteroatoms. The van der Waals surface area contributed by atoms with E-state index in [0.717, 1.165) is 10.6 Å². The van der Waals surface area contributed by atoms with E-state index in [1.807, 2.05) is 6.07 Å². The SMILES string of the molecule is N#CC1=CC=C(Cl)C1. The van der Waals surface area contributed by atoms with Crippen LogP contribution >= 0.6 is 11.6 Å². The predicted octanol–water partition coefficient (Wildman–Crippen LogP) is 1.96. The van der Waals surface area contributed by atoms with Gasteiger partial charge in [-0.3, -0.25) is 0 Å². The van der Waals surface area contributed by atoms with Crippen molar-refractivity contribution < 1.29 is 0 Å². The Morgan fingerprint density at radius 3 is 2.62 bits per heavy atom. The van der Waals surface area contributed by atoms with E-state index in [-0.39, 0.29) is 0 Å². The summed E-state index contributed by atoms with van der Waals surface area (Å²) >= 11 is 5.54. The summed E-state index contributed by atoms with van der Waals surface area (Å²) in [5.74, 6) is 0. The van der Waals surface area contributed by atoms with Gasteiger partial charge in [-0.05, 0) is 12.2 Å². The van der Waals surface area contributed by atoms with Crippen LogP contribution in [-0.4, -0.2) is 0 Å². The van der Waals surface area contributed by atoms with Crippen molar-refractivity contribution in [2.75, 3.05) is 0 Å². The maximum absolute atomic E-state index is 8.27. The van der Waals surface area contributed by atoms with Crippen LogP contribution in [0.4, 0.5) is 0 Å². The first-order chi connectivity index (χ1) is 3.83. The Morgan fingerprint density at radius 2 is 2.38 bits per heavy atom. The average molecular weight is 126 g/mol. The molecule has 0 atom stereocenters. The molecule has 1 aliphatic carbocycles. The monoisotopic (exact) mass is 125 g/mol. The van der Waals surface area contributed by atoms with Crippen LogP contribution in [0, 0.1) is 11.3 Å². The maximum Gasteiger partial charge on any atom is 0.0950 e. The fourth-order valence-corrected chi connectivity index (χ4v) is 0.775. The van der Waals surface area contributed by atoms with Gasteiger partial charge in [-0.25, -0.2) is 0 Å². The van der Waals surface area contributed by atoms with E-state index in [2.05, 4.69) is 0 Å². The number of nitrogens with zero attached hydrogens (tertiary/aromatic N) is 1. The molecule has 0 aromatic carbocycles. The number of halogens is 1. The molecule has 0 amide bonds. The second-order valence-corrected chi connectivity index (χ2v) is 2.08. The van der Waals surface area contributed by atoms with Crippen LogP contribution in [0.2, 0.25) is 0 Å². The Labute approximate surface area is 52.9 Å². The fourth-order valence-electron chi connectivity index (χ4n) is 0.568. The zero-order chi connectivity index (χ0) is 5.98. The Balaban J connectivity index is 2.66. The van der Waals surface area contributed by atoms with Crippen molar-refractivity contribution >= 4 is 11.6 Å². The van der Waals surface area contributed by atoms with Crippen LogP contribution in [-0.2, 0) is 0 Å². The fraction of sp³-hybridized carbons (Fsp3) is 0.167. The van der Waals surface area contributed by atoms with E-state index < -0.39 is 0 Å². The number of hydrogen-bond acceptors (Lipinski definition) is 1. The molecule has 40 valence electrons. The Kier molecular flexibility index (Phi) is 1.36. The topological polar surface area (TPSA) is 23.8 Å². The van der Waals surface area contributed by atoms with Gasteiger partial charge in [0, 0.05) is 17.0 Å². The summed E-state index contributed by atoms with van der Waals surface area (Å²) in [6.07, 6.45) is 4.11. The lowest BCUT2D eigenvalue weighted by Gasteiger charge is -1.82. The normalized spacial score (nSPS) is 17.0. The van der Waals surface area contributed by atoms with E-state index >= 15 is 0 Å². The quantitative estimate of drug-likeness (QED) is 0.486. The van der Waals surface area contributed by atoms with Crippen molar-refractivity contribution in [2.45, 2.75) is 6.42 Å². The molecule has 0 spiro atoms. The van der Waals surface area contributed by atoms with Crippen molar-refractivity contribution in [2.24, 2.45) is 0 Å². The first kappa shape index (κ1) is 5.40. The molecule has 8 heavy (non-hydrogen) atoms. The van der Waals surface area contributed by atoms with Crippen molar-refractivity contribution in [1.82, 2.24) is 0 Å². The van der Waals surface area contributed by atoms with Gasteiger partial charge in [-0.2, -0.15) is 5.26 Å². The minimum absolute atomic E-state index is 0.623. The summed E-state index contributed by atoms with van der Waals surface area (Å²) in [7, 11) is 0. The van der Waals surface area contributed by atoms with Crippen molar-refractivity contribution in [3.05, 3.63) is 22.8 Å². The molecule has 0 unspecified atom stereocenters. The van der Waals surface area contributed by atoms with Crippen LogP contribution in [0.15, 0.2) is 22.8 Å². The van der Waals surface area contributed by atoms with Crippen LogP contribution < -0.4 is 0 Å². The van der Waals surface area contributed by atoms with Crippen molar-refractivity contribution in [3.63, 3.8) is 0 Å². The highest BCUT2D eigenvalue weighted by molar-refractivity contribution is 6.30. The number of hydrogen-bond donors (Lipinski definition) is 0. The zero-order valence-corrected chi connectivity index (χ0v) is 4.94. The molecule has 0 aliphatic heterocycles.